The maximum Gasteiger partial charge on any atom is 0.339 e. The monoisotopic (exact) mass is 258 g/mol. The summed E-state index contributed by atoms with van der Waals surface area (Å²) in [7, 11) is -2.09. The van der Waals surface area contributed by atoms with Crippen LogP contribution in [0.1, 0.15) is 22.8 Å². The van der Waals surface area contributed by atoms with Crippen molar-refractivity contribution < 1.29 is 23.1 Å². The second kappa shape index (κ2) is 4.75. The molecule has 0 atom stereocenters. The van der Waals surface area contributed by atoms with Crippen molar-refractivity contribution >= 4 is 15.8 Å². The van der Waals surface area contributed by atoms with Crippen molar-refractivity contribution in [1.29, 1.82) is 0 Å². The van der Waals surface area contributed by atoms with Crippen LogP contribution in [0, 0.1) is 6.92 Å². The van der Waals surface area contributed by atoms with Crippen molar-refractivity contribution in [2.24, 2.45) is 0 Å². The first-order chi connectivity index (χ1) is 7.83. The lowest BCUT2D eigenvalue weighted by molar-refractivity contribution is 0.0693. The van der Waals surface area contributed by atoms with Gasteiger partial charge in [-0.1, -0.05) is 6.92 Å². The Hall–Kier alpha value is -1.56. The number of carbonyl (C=O) groups is 1. The van der Waals surface area contributed by atoms with Crippen LogP contribution in [0.4, 0.5) is 0 Å². The number of rotatable bonds is 4. The molecule has 1 N–H and O–H groups in total. The van der Waals surface area contributed by atoms with Crippen LogP contribution in [0.5, 0.6) is 5.75 Å². The second-order valence-electron chi connectivity index (χ2n) is 3.53. The molecule has 0 saturated heterocycles. The van der Waals surface area contributed by atoms with Gasteiger partial charge in [0.05, 0.1) is 17.8 Å². The van der Waals surface area contributed by atoms with Crippen LogP contribution in [0.15, 0.2) is 17.0 Å². The minimum Gasteiger partial charge on any atom is -0.496 e. The number of benzene rings is 1. The summed E-state index contributed by atoms with van der Waals surface area (Å²) in [6.45, 7) is 3.12. The number of aromatic carboxylic acids is 1. The minimum atomic E-state index is -3.43. The number of methoxy groups -OCH3 is 1. The molecule has 6 heteroatoms. The topological polar surface area (TPSA) is 80.7 Å². The molecule has 0 fully saturated rings. The molecule has 17 heavy (non-hydrogen) atoms. The van der Waals surface area contributed by atoms with Gasteiger partial charge in [0.25, 0.3) is 0 Å². The van der Waals surface area contributed by atoms with Crippen LogP contribution in [-0.4, -0.2) is 32.4 Å². The van der Waals surface area contributed by atoms with Crippen LogP contribution in [0.25, 0.3) is 0 Å². The van der Waals surface area contributed by atoms with E-state index in [0.29, 0.717) is 5.56 Å². The maximum atomic E-state index is 11.8. The van der Waals surface area contributed by atoms with E-state index >= 15 is 0 Å². The summed E-state index contributed by atoms with van der Waals surface area (Å²) in [6, 6.07) is 2.57. The lowest BCUT2D eigenvalue weighted by atomic mass is 10.1. The Kier molecular flexibility index (Phi) is 3.77. The van der Waals surface area contributed by atoms with Crippen molar-refractivity contribution in [2.45, 2.75) is 18.7 Å². The van der Waals surface area contributed by atoms with Crippen LogP contribution in [0.3, 0.4) is 0 Å². The van der Waals surface area contributed by atoms with Gasteiger partial charge in [-0.15, -0.1) is 0 Å². The molecule has 0 aliphatic carbocycles. The average molecular weight is 258 g/mol. The van der Waals surface area contributed by atoms with Gasteiger partial charge < -0.3 is 9.84 Å². The Bertz CT molecular complexity index is 545. The molecule has 0 amide bonds. The third-order valence-corrected chi connectivity index (χ3v) is 4.31. The number of hydrogen-bond donors (Lipinski definition) is 1. The predicted octanol–water partition coefficient (Wildman–Crippen LogP) is 1.50. The van der Waals surface area contributed by atoms with E-state index in [1.165, 1.54) is 20.1 Å². The number of hydrogen-bond acceptors (Lipinski definition) is 4. The summed E-state index contributed by atoms with van der Waals surface area (Å²) in [5.74, 6) is -1.13. The van der Waals surface area contributed by atoms with Gasteiger partial charge in [0, 0.05) is 0 Å². The zero-order chi connectivity index (χ0) is 13.2. The molecule has 1 rings (SSSR count). The molecular formula is C11H14O5S. The molecule has 0 bridgehead atoms. The number of carboxylic acids is 1. The van der Waals surface area contributed by atoms with Gasteiger partial charge in [0.2, 0.25) is 0 Å². The number of ether oxygens (including phenoxy) is 1. The molecule has 94 valence electrons. The van der Waals surface area contributed by atoms with Crippen molar-refractivity contribution in [3.8, 4) is 5.75 Å². The molecule has 0 radical (unpaired) electrons. The van der Waals surface area contributed by atoms with E-state index in [9.17, 15) is 13.2 Å². The highest BCUT2D eigenvalue weighted by atomic mass is 32.2. The van der Waals surface area contributed by atoms with Crippen molar-refractivity contribution in [2.75, 3.05) is 12.9 Å². The van der Waals surface area contributed by atoms with Gasteiger partial charge in [-0.2, -0.15) is 0 Å². The lowest BCUT2D eigenvalue weighted by Crippen LogP contribution is -2.09. The van der Waals surface area contributed by atoms with E-state index in [1.807, 2.05) is 0 Å². The molecule has 5 nitrogen and oxygen atoms in total. The smallest absolute Gasteiger partial charge is 0.339 e. The third kappa shape index (κ3) is 2.58. The molecule has 0 saturated carbocycles. The van der Waals surface area contributed by atoms with Crippen LogP contribution < -0.4 is 4.74 Å². The third-order valence-electron chi connectivity index (χ3n) is 2.44. The fourth-order valence-corrected chi connectivity index (χ4v) is 2.65. The zero-order valence-corrected chi connectivity index (χ0v) is 10.7. The van der Waals surface area contributed by atoms with Crippen LogP contribution in [-0.2, 0) is 9.84 Å². The van der Waals surface area contributed by atoms with E-state index in [0.717, 1.165) is 6.07 Å². The van der Waals surface area contributed by atoms with E-state index in [-0.39, 0.29) is 22.0 Å². The molecule has 1 aromatic rings. The number of carboxylic acid groups (broad SMARTS) is 1. The Labute approximate surface area is 100.0 Å². The molecule has 0 heterocycles. The summed E-state index contributed by atoms with van der Waals surface area (Å²) in [5.41, 5.74) is 0.332. The highest BCUT2D eigenvalue weighted by Crippen LogP contribution is 2.26. The molecule has 0 unspecified atom stereocenters. The van der Waals surface area contributed by atoms with Crippen LogP contribution in [0.2, 0.25) is 0 Å². The normalized spacial score (nSPS) is 11.2. The molecule has 0 aliphatic rings. The largest absolute Gasteiger partial charge is 0.496 e. The molecule has 0 spiro atoms. The second-order valence-corrected chi connectivity index (χ2v) is 5.77. The Morgan fingerprint density at radius 2 is 2.00 bits per heavy atom. The Morgan fingerprint density at radius 1 is 1.41 bits per heavy atom. The Morgan fingerprint density at radius 3 is 2.41 bits per heavy atom. The molecule has 1 aromatic carbocycles. The number of sulfone groups is 1. The van der Waals surface area contributed by atoms with Gasteiger partial charge in [0.1, 0.15) is 11.3 Å². The van der Waals surface area contributed by atoms with Crippen molar-refractivity contribution in [1.82, 2.24) is 0 Å². The van der Waals surface area contributed by atoms with E-state index in [2.05, 4.69) is 0 Å². The summed E-state index contributed by atoms with van der Waals surface area (Å²) < 4.78 is 28.4. The van der Waals surface area contributed by atoms with E-state index in [4.69, 9.17) is 9.84 Å². The minimum absolute atomic E-state index is 0.0400. The fourth-order valence-electron chi connectivity index (χ4n) is 1.49. The van der Waals surface area contributed by atoms with Crippen molar-refractivity contribution in [3.63, 3.8) is 0 Å². The highest BCUT2D eigenvalue weighted by molar-refractivity contribution is 7.91. The maximum absolute atomic E-state index is 11.8. The zero-order valence-electron chi connectivity index (χ0n) is 9.85. The first-order valence-electron chi connectivity index (χ1n) is 4.98. The van der Waals surface area contributed by atoms with Gasteiger partial charge in [-0.05, 0) is 24.6 Å². The number of aryl methyl sites for hydroxylation is 1. The first kappa shape index (κ1) is 13.5. The van der Waals surface area contributed by atoms with Gasteiger partial charge in [-0.25, -0.2) is 13.2 Å². The molecule has 0 aromatic heterocycles. The van der Waals surface area contributed by atoms with Gasteiger partial charge in [-0.3, -0.25) is 0 Å². The fraction of sp³-hybridized carbons (Fsp3) is 0.364. The Balaban J connectivity index is 3.56. The molecule has 0 aliphatic heterocycles. The summed E-state index contributed by atoms with van der Waals surface area (Å²) in [5, 5.41) is 8.98. The van der Waals surface area contributed by atoms with E-state index < -0.39 is 15.8 Å². The van der Waals surface area contributed by atoms with Gasteiger partial charge >= 0.3 is 5.97 Å². The van der Waals surface area contributed by atoms with E-state index in [1.54, 1.807) is 6.92 Å². The SMILES string of the molecule is CCS(=O)(=O)c1cc(C(=O)O)c(OC)cc1C. The van der Waals surface area contributed by atoms with Crippen LogP contribution >= 0.6 is 0 Å². The summed E-state index contributed by atoms with van der Waals surface area (Å²) >= 11 is 0. The lowest BCUT2D eigenvalue weighted by Gasteiger charge is -2.11. The quantitative estimate of drug-likeness (QED) is 0.885. The average Bonchev–Trinajstić information content (AvgIpc) is 2.27. The summed E-state index contributed by atoms with van der Waals surface area (Å²) in [4.78, 5) is 11.0. The van der Waals surface area contributed by atoms with Crippen molar-refractivity contribution in [3.05, 3.63) is 23.3 Å². The molecular weight excluding hydrogens is 244 g/mol. The standard InChI is InChI=1S/C11H14O5S/c1-4-17(14,15)10-6-8(11(12)13)9(16-3)5-7(10)2/h5-6H,4H2,1-3H3,(H,12,13). The first-order valence-corrected chi connectivity index (χ1v) is 6.63. The predicted molar refractivity (Wildman–Crippen MR) is 62.4 cm³/mol. The summed E-state index contributed by atoms with van der Waals surface area (Å²) in [6.07, 6.45) is 0. The highest BCUT2D eigenvalue weighted by Gasteiger charge is 2.20. The van der Waals surface area contributed by atoms with Gasteiger partial charge in [0.15, 0.2) is 9.84 Å².